The topological polar surface area (TPSA) is 65.4 Å². The zero-order valence-corrected chi connectivity index (χ0v) is 13.2. The van der Waals surface area contributed by atoms with Crippen molar-refractivity contribution in [3.63, 3.8) is 0 Å². The minimum Gasteiger partial charge on any atom is -0.379 e. The van der Waals surface area contributed by atoms with E-state index in [1.165, 1.54) is 0 Å². The van der Waals surface area contributed by atoms with Crippen molar-refractivity contribution in [2.45, 2.75) is 58.0 Å². The van der Waals surface area contributed by atoms with Gasteiger partial charge in [0.05, 0.1) is 19.3 Å². The van der Waals surface area contributed by atoms with Crippen LogP contribution in [0.15, 0.2) is 0 Å². The summed E-state index contributed by atoms with van der Waals surface area (Å²) in [6.45, 7) is 7.29. The van der Waals surface area contributed by atoms with Crippen LogP contribution in [-0.2, 0) is 9.53 Å². The van der Waals surface area contributed by atoms with Crippen LogP contribution >= 0.6 is 0 Å². The first-order chi connectivity index (χ1) is 10.1. The lowest BCUT2D eigenvalue weighted by Gasteiger charge is -2.38. The molecular formula is C16H27N3O2. The number of nitrogens with zero attached hydrogens (tertiary/aromatic N) is 2. The van der Waals surface area contributed by atoms with Crippen molar-refractivity contribution in [3.05, 3.63) is 0 Å². The molecule has 0 aromatic carbocycles. The van der Waals surface area contributed by atoms with Crippen LogP contribution in [0.5, 0.6) is 0 Å². The van der Waals surface area contributed by atoms with Crippen LogP contribution in [0.2, 0.25) is 0 Å². The molecule has 0 aromatic heterocycles. The molecule has 0 bridgehead atoms. The fourth-order valence-electron chi connectivity index (χ4n) is 3.47. The monoisotopic (exact) mass is 293 g/mol. The number of rotatable bonds is 4. The third kappa shape index (κ3) is 3.75. The highest BCUT2D eigenvalue weighted by Gasteiger charge is 2.39. The maximum absolute atomic E-state index is 12.4. The summed E-state index contributed by atoms with van der Waals surface area (Å²) in [7, 11) is 0. The standard InChI is InChI=1S/C16H27N3O2/c1-13(19-8-9-21-11-14(19)2)10-18-15(20)16(12-17)6-4-3-5-7-16/h13-14H,3-11H2,1-2H3,(H,18,20). The molecule has 2 atom stereocenters. The van der Waals surface area contributed by atoms with Crippen LogP contribution in [0.3, 0.4) is 0 Å². The van der Waals surface area contributed by atoms with Crippen molar-refractivity contribution < 1.29 is 9.53 Å². The molecular weight excluding hydrogens is 266 g/mol. The highest BCUT2D eigenvalue weighted by atomic mass is 16.5. The first-order valence-electron chi connectivity index (χ1n) is 8.12. The Kier molecular flexibility index (Phi) is 5.60. The molecule has 118 valence electrons. The Hall–Kier alpha value is -1.12. The molecule has 0 radical (unpaired) electrons. The molecule has 1 heterocycles. The quantitative estimate of drug-likeness (QED) is 0.856. The van der Waals surface area contributed by atoms with Crippen LogP contribution in [0.4, 0.5) is 0 Å². The van der Waals surface area contributed by atoms with Gasteiger partial charge < -0.3 is 10.1 Å². The predicted octanol–water partition coefficient (Wildman–Crippen LogP) is 1.69. The van der Waals surface area contributed by atoms with Gasteiger partial charge in [-0.25, -0.2) is 0 Å². The van der Waals surface area contributed by atoms with E-state index in [1.54, 1.807) is 0 Å². The fourth-order valence-corrected chi connectivity index (χ4v) is 3.47. The Bertz CT molecular complexity index is 399. The van der Waals surface area contributed by atoms with Gasteiger partial charge in [-0.1, -0.05) is 19.3 Å². The van der Waals surface area contributed by atoms with E-state index in [-0.39, 0.29) is 11.9 Å². The summed E-state index contributed by atoms with van der Waals surface area (Å²) in [6.07, 6.45) is 4.52. The molecule has 1 aliphatic heterocycles. The van der Waals surface area contributed by atoms with Gasteiger partial charge in [-0.3, -0.25) is 9.69 Å². The molecule has 2 unspecified atom stereocenters. The Balaban J connectivity index is 1.86. The van der Waals surface area contributed by atoms with Crippen molar-refractivity contribution in [1.82, 2.24) is 10.2 Å². The fraction of sp³-hybridized carbons (Fsp3) is 0.875. The number of carbonyl (C=O) groups is 1. The molecule has 0 aromatic rings. The number of hydrogen-bond acceptors (Lipinski definition) is 4. The van der Waals surface area contributed by atoms with Crippen molar-refractivity contribution >= 4 is 5.91 Å². The molecule has 21 heavy (non-hydrogen) atoms. The maximum atomic E-state index is 12.4. The second-order valence-corrected chi connectivity index (χ2v) is 6.48. The van der Waals surface area contributed by atoms with Crippen molar-refractivity contribution in [2.75, 3.05) is 26.3 Å². The number of nitrogens with one attached hydrogen (secondary N) is 1. The normalized spacial score (nSPS) is 27.6. The van der Waals surface area contributed by atoms with Gasteiger partial charge in [0.1, 0.15) is 5.41 Å². The van der Waals surface area contributed by atoms with Gasteiger partial charge in [0.2, 0.25) is 5.91 Å². The summed E-state index contributed by atoms with van der Waals surface area (Å²) in [5.41, 5.74) is -0.783. The Morgan fingerprint density at radius 3 is 2.81 bits per heavy atom. The molecule has 1 saturated heterocycles. The summed E-state index contributed by atoms with van der Waals surface area (Å²) >= 11 is 0. The average molecular weight is 293 g/mol. The molecule has 1 saturated carbocycles. The molecule has 1 amide bonds. The zero-order chi connectivity index (χ0) is 15.3. The molecule has 2 fully saturated rings. The van der Waals surface area contributed by atoms with Crippen LogP contribution < -0.4 is 5.32 Å². The van der Waals surface area contributed by atoms with Crippen molar-refractivity contribution in [3.8, 4) is 6.07 Å². The van der Waals surface area contributed by atoms with Crippen LogP contribution in [0, 0.1) is 16.7 Å². The van der Waals surface area contributed by atoms with Gasteiger partial charge in [0.25, 0.3) is 0 Å². The van der Waals surface area contributed by atoms with Crippen LogP contribution in [0.1, 0.15) is 46.0 Å². The maximum Gasteiger partial charge on any atom is 0.240 e. The highest BCUT2D eigenvalue weighted by molar-refractivity contribution is 5.85. The van der Waals surface area contributed by atoms with Gasteiger partial charge in [-0.2, -0.15) is 5.26 Å². The number of morpholine rings is 1. The summed E-state index contributed by atoms with van der Waals surface area (Å²) in [6, 6.07) is 2.93. The van der Waals surface area contributed by atoms with E-state index in [1.807, 2.05) is 0 Å². The van der Waals surface area contributed by atoms with E-state index >= 15 is 0 Å². The minimum absolute atomic E-state index is 0.0718. The highest BCUT2D eigenvalue weighted by Crippen LogP contribution is 2.35. The SMILES string of the molecule is CC(CNC(=O)C1(C#N)CCCCC1)N1CCOCC1C. The third-order valence-corrected chi connectivity index (χ3v) is 4.90. The van der Waals surface area contributed by atoms with Crippen LogP contribution in [0.25, 0.3) is 0 Å². The second kappa shape index (κ2) is 7.24. The third-order valence-electron chi connectivity index (χ3n) is 4.90. The van der Waals surface area contributed by atoms with Gasteiger partial charge >= 0.3 is 0 Å². The Morgan fingerprint density at radius 1 is 1.48 bits per heavy atom. The van der Waals surface area contributed by atoms with Gasteiger partial charge in [0, 0.05) is 25.2 Å². The summed E-state index contributed by atoms with van der Waals surface area (Å²) < 4.78 is 5.44. The first kappa shape index (κ1) is 16.3. The summed E-state index contributed by atoms with van der Waals surface area (Å²) in [4.78, 5) is 14.8. The van der Waals surface area contributed by atoms with Gasteiger partial charge in [-0.15, -0.1) is 0 Å². The lowest BCUT2D eigenvalue weighted by Crippen LogP contribution is -2.53. The van der Waals surface area contributed by atoms with E-state index in [0.29, 0.717) is 25.4 Å². The van der Waals surface area contributed by atoms with Crippen molar-refractivity contribution in [1.29, 1.82) is 5.26 Å². The van der Waals surface area contributed by atoms with E-state index in [9.17, 15) is 10.1 Å². The largest absolute Gasteiger partial charge is 0.379 e. The number of hydrogen-bond donors (Lipinski definition) is 1. The van der Waals surface area contributed by atoms with Crippen LogP contribution in [-0.4, -0.2) is 49.2 Å². The van der Waals surface area contributed by atoms with E-state index in [4.69, 9.17) is 4.74 Å². The predicted molar refractivity (Wildman–Crippen MR) is 80.6 cm³/mol. The lowest BCUT2D eigenvalue weighted by atomic mass is 9.74. The number of amides is 1. The molecule has 2 aliphatic rings. The van der Waals surface area contributed by atoms with Gasteiger partial charge in [0.15, 0.2) is 0 Å². The first-order valence-corrected chi connectivity index (χ1v) is 8.12. The van der Waals surface area contributed by atoms with E-state index in [0.717, 1.165) is 39.0 Å². The van der Waals surface area contributed by atoms with E-state index < -0.39 is 5.41 Å². The second-order valence-electron chi connectivity index (χ2n) is 6.48. The van der Waals surface area contributed by atoms with E-state index in [2.05, 4.69) is 30.1 Å². The molecule has 5 heteroatoms. The lowest BCUT2D eigenvalue weighted by molar-refractivity contribution is -0.130. The van der Waals surface area contributed by atoms with Gasteiger partial charge in [-0.05, 0) is 26.7 Å². The summed E-state index contributed by atoms with van der Waals surface area (Å²) in [5, 5.41) is 12.4. The number of ether oxygens (including phenoxy) is 1. The molecule has 5 nitrogen and oxygen atoms in total. The summed E-state index contributed by atoms with van der Waals surface area (Å²) in [5.74, 6) is -0.0718. The Morgan fingerprint density at radius 2 is 2.19 bits per heavy atom. The average Bonchev–Trinajstić information content (AvgIpc) is 2.53. The Labute approximate surface area is 127 Å². The number of nitriles is 1. The minimum atomic E-state index is -0.783. The molecule has 1 aliphatic carbocycles. The van der Waals surface area contributed by atoms with Crippen molar-refractivity contribution in [2.24, 2.45) is 5.41 Å². The molecule has 1 N–H and O–H groups in total. The smallest absolute Gasteiger partial charge is 0.240 e. The number of carbonyl (C=O) groups excluding carboxylic acids is 1. The molecule has 0 spiro atoms. The molecule has 2 rings (SSSR count). The zero-order valence-electron chi connectivity index (χ0n) is 13.2.